The summed E-state index contributed by atoms with van der Waals surface area (Å²) >= 11 is 1.42. The Hall–Kier alpha value is -1.58. The number of carboxylic acids is 1. The molecule has 2 amide bonds. The molecule has 0 aromatic rings. The molecular formula is C16H23N3O5S. The lowest BCUT2D eigenvalue weighted by molar-refractivity contribution is -0.163. The predicted molar refractivity (Wildman–Crippen MR) is 91.2 cm³/mol. The molecule has 2 saturated heterocycles. The van der Waals surface area contributed by atoms with Crippen LogP contribution in [0.3, 0.4) is 0 Å². The normalized spacial score (nSPS) is 36.4. The Morgan fingerprint density at radius 2 is 2.04 bits per heavy atom. The molecule has 0 spiro atoms. The zero-order valence-electron chi connectivity index (χ0n) is 14.4. The van der Waals surface area contributed by atoms with E-state index in [4.69, 9.17) is 5.73 Å². The van der Waals surface area contributed by atoms with Gasteiger partial charge in [0.05, 0.1) is 24.1 Å². The highest BCUT2D eigenvalue weighted by molar-refractivity contribution is 8.03. The average molecular weight is 369 g/mol. The minimum atomic E-state index is -1.13. The lowest BCUT2D eigenvalue weighted by atomic mass is 9.79. The van der Waals surface area contributed by atoms with Crippen molar-refractivity contribution < 1.29 is 24.6 Å². The van der Waals surface area contributed by atoms with E-state index < -0.39 is 18.0 Å². The zero-order valence-corrected chi connectivity index (χ0v) is 15.2. The molecule has 0 radical (unpaired) electrons. The second-order valence-electron chi connectivity index (χ2n) is 7.11. The van der Waals surface area contributed by atoms with Gasteiger partial charge in [0, 0.05) is 22.6 Å². The molecule has 9 heteroatoms. The van der Waals surface area contributed by atoms with E-state index in [9.17, 15) is 24.6 Å². The van der Waals surface area contributed by atoms with Crippen molar-refractivity contribution in [3.05, 3.63) is 10.6 Å². The van der Waals surface area contributed by atoms with Gasteiger partial charge in [0.1, 0.15) is 5.70 Å². The number of carbonyl (C=O) groups is 3. The van der Waals surface area contributed by atoms with Crippen LogP contribution in [0.4, 0.5) is 0 Å². The zero-order chi connectivity index (χ0) is 18.6. The van der Waals surface area contributed by atoms with Gasteiger partial charge in [-0.2, -0.15) is 0 Å². The standard InChI is InChI=1S/C16H23N3O5S/c1-6-11-10(7(2)20)15(22)19(11)12(16(23)24)13(6)25-8-4-9(14(17)21)18(3)5-8/h6-11,20H,4-5H2,1-3H3,(H2,17,21)(H,23,24)/t6-,7-,8+,9+,10-,11?/m1/s1. The third kappa shape index (κ3) is 2.74. The predicted octanol–water partition coefficient (Wildman–Crippen LogP) is -0.569. The van der Waals surface area contributed by atoms with Crippen molar-refractivity contribution in [3.8, 4) is 0 Å². The number of likely N-dealkylation sites (N-methyl/N-ethyl adjacent to an activating group) is 1. The number of nitrogens with zero attached hydrogens (tertiary/aromatic N) is 2. The van der Waals surface area contributed by atoms with Gasteiger partial charge in [0.25, 0.3) is 0 Å². The molecule has 3 rings (SSSR count). The molecule has 0 aromatic heterocycles. The molecule has 4 N–H and O–H groups in total. The van der Waals surface area contributed by atoms with E-state index in [1.807, 2.05) is 18.9 Å². The molecule has 3 heterocycles. The highest BCUT2D eigenvalue weighted by atomic mass is 32.2. The van der Waals surface area contributed by atoms with Crippen molar-refractivity contribution in [2.45, 2.75) is 43.7 Å². The fraction of sp³-hybridized carbons (Fsp3) is 0.688. The quantitative estimate of drug-likeness (QED) is 0.554. The van der Waals surface area contributed by atoms with Crippen LogP contribution in [-0.2, 0) is 14.4 Å². The number of carboxylic acid groups (broad SMARTS) is 1. The number of hydrogen-bond donors (Lipinski definition) is 3. The maximum atomic E-state index is 12.3. The minimum Gasteiger partial charge on any atom is -0.477 e. The highest BCUT2D eigenvalue weighted by Gasteiger charge is 2.60. The number of carbonyl (C=O) groups excluding carboxylic acids is 2. The van der Waals surface area contributed by atoms with Gasteiger partial charge < -0.3 is 20.8 Å². The van der Waals surface area contributed by atoms with E-state index >= 15 is 0 Å². The van der Waals surface area contributed by atoms with E-state index in [0.717, 1.165) is 0 Å². The third-order valence-electron chi connectivity index (χ3n) is 5.44. The van der Waals surface area contributed by atoms with Crippen LogP contribution in [0.1, 0.15) is 20.3 Å². The lowest BCUT2D eigenvalue weighted by Crippen LogP contribution is -2.63. The number of fused-ring (bicyclic) bond motifs is 1. The van der Waals surface area contributed by atoms with Crippen LogP contribution in [0.15, 0.2) is 10.6 Å². The first-order valence-corrected chi connectivity index (χ1v) is 9.17. The maximum Gasteiger partial charge on any atom is 0.353 e. The summed E-state index contributed by atoms with van der Waals surface area (Å²) in [5, 5.41) is 19.5. The monoisotopic (exact) mass is 369 g/mol. The Labute approximate surface area is 150 Å². The maximum absolute atomic E-state index is 12.3. The summed E-state index contributed by atoms with van der Waals surface area (Å²) in [6, 6.07) is -0.667. The van der Waals surface area contributed by atoms with E-state index in [1.165, 1.54) is 16.7 Å². The summed E-state index contributed by atoms with van der Waals surface area (Å²) < 4.78 is 0. The van der Waals surface area contributed by atoms with Gasteiger partial charge in [-0.1, -0.05) is 6.92 Å². The molecule has 1 unspecified atom stereocenters. The molecule has 8 nitrogen and oxygen atoms in total. The largest absolute Gasteiger partial charge is 0.477 e. The Kier molecular flexibility index (Phi) is 4.59. The van der Waals surface area contributed by atoms with Crippen molar-refractivity contribution in [1.82, 2.24) is 9.80 Å². The topological polar surface area (TPSA) is 124 Å². The van der Waals surface area contributed by atoms with Gasteiger partial charge in [-0.25, -0.2) is 4.79 Å². The first-order chi connectivity index (χ1) is 11.6. The summed E-state index contributed by atoms with van der Waals surface area (Å²) in [4.78, 5) is 39.4. The first kappa shape index (κ1) is 18.2. The number of thioether (sulfide) groups is 1. The van der Waals surface area contributed by atoms with Gasteiger partial charge in [0.15, 0.2) is 0 Å². The van der Waals surface area contributed by atoms with Crippen LogP contribution in [0.2, 0.25) is 0 Å². The Morgan fingerprint density at radius 1 is 1.40 bits per heavy atom. The van der Waals surface area contributed by atoms with Crippen LogP contribution >= 0.6 is 11.8 Å². The molecule has 0 aliphatic carbocycles. The Morgan fingerprint density at radius 3 is 2.52 bits per heavy atom. The van der Waals surface area contributed by atoms with Crippen molar-refractivity contribution in [2.75, 3.05) is 13.6 Å². The second-order valence-corrected chi connectivity index (χ2v) is 8.45. The van der Waals surface area contributed by atoms with E-state index in [2.05, 4.69) is 0 Å². The van der Waals surface area contributed by atoms with E-state index in [1.54, 1.807) is 6.92 Å². The van der Waals surface area contributed by atoms with Crippen molar-refractivity contribution in [3.63, 3.8) is 0 Å². The number of aliphatic hydroxyl groups excluding tert-OH is 1. The molecule has 6 atom stereocenters. The number of aliphatic carboxylic acids is 1. The average Bonchev–Trinajstić information content (AvgIpc) is 2.97. The van der Waals surface area contributed by atoms with Crippen LogP contribution in [0.5, 0.6) is 0 Å². The third-order valence-corrected chi connectivity index (χ3v) is 6.94. The second kappa shape index (κ2) is 6.30. The number of hydrogen-bond acceptors (Lipinski definition) is 6. The number of likely N-dealkylation sites (tertiary alicyclic amines) is 1. The SMILES string of the molecule is C[C@H]1C(S[C@H]2C[C@@H](C(N)=O)N(C)C2)=C(C(=O)O)N2C(=O)[C@H]([C@@H](C)O)C12. The van der Waals surface area contributed by atoms with Crippen molar-refractivity contribution in [2.24, 2.45) is 17.6 Å². The van der Waals surface area contributed by atoms with Crippen LogP contribution in [0.25, 0.3) is 0 Å². The van der Waals surface area contributed by atoms with Crippen molar-refractivity contribution in [1.29, 1.82) is 0 Å². The fourth-order valence-electron chi connectivity index (χ4n) is 4.23. The minimum absolute atomic E-state index is 0.0228. The van der Waals surface area contributed by atoms with Gasteiger partial charge in [-0.3, -0.25) is 14.5 Å². The lowest BCUT2D eigenvalue weighted by Gasteiger charge is -2.46. The van der Waals surface area contributed by atoms with E-state index in [0.29, 0.717) is 17.9 Å². The summed E-state index contributed by atoms with van der Waals surface area (Å²) in [7, 11) is 1.82. The Bertz CT molecular complexity index is 664. The van der Waals surface area contributed by atoms with Crippen LogP contribution in [-0.4, -0.2) is 74.8 Å². The highest BCUT2D eigenvalue weighted by Crippen LogP contribution is 2.52. The van der Waals surface area contributed by atoms with Gasteiger partial charge in [0.2, 0.25) is 11.8 Å². The first-order valence-electron chi connectivity index (χ1n) is 8.30. The molecule has 3 aliphatic rings. The molecule has 138 valence electrons. The number of amides is 2. The van der Waals surface area contributed by atoms with Gasteiger partial charge >= 0.3 is 5.97 Å². The van der Waals surface area contributed by atoms with Crippen LogP contribution in [0, 0.1) is 11.8 Å². The molecule has 0 aromatic carbocycles. The van der Waals surface area contributed by atoms with Crippen LogP contribution < -0.4 is 5.73 Å². The number of primary amides is 1. The number of nitrogens with two attached hydrogens (primary N) is 1. The summed E-state index contributed by atoms with van der Waals surface area (Å²) in [5.41, 5.74) is 5.43. The molecule has 2 fully saturated rings. The fourth-order valence-corrected chi connectivity index (χ4v) is 5.83. The molecule has 3 aliphatic heterocycles. The van der Waals surface area contributed by atoms with Gasteiger partial charge in [-0.15, -0.1) is 11.8 Å². The Balaban J connectivity index is 1.84. The molecule has 25 heavy (non-hydrogen) atoms. The molecule has 0 saturated carbocycles. The smallest absolute Gasteiger partial charge is 0.353 e. The van der Waals surface area contributed by atoms with E-state index in [-0.39, 0.29) is 40.8 Å². The molecule has 0 bridgehead atoms. The van der Waals surface area contributed by atoms with Gasteiger partial charge in [-0.05, 0) is 20.4 Å². The number of β-lactam (4-membered cyclic amide) rings is 1. The summed E-state index contributed by atoms with van der Waals surface area (Å²) in [6.45, 7) is 4.07. The summed E-state index contributed by atoms with van der Waals surface area (Å²) in [6.07, 6.45) is -0.259. The summed E-state index contributed by atoms with van der Waals surface area (Å²) in [5.74, 6) is -2.57. The molecular weight excluding hydrogens is 346 g/mol. The van der Waals surface area contributed by atoms with Crippen molar-refractivity contribution >= 4 is 29.5 Å². The number of rotatable bonds is 5. The number of aliphatic hydroxyl groups is 1.